The van der Waals surface area contributed by atoms with E-state index in [0.29, 0.717) is 36.2 Å². The highest BCUT2D eigenvalue weighted by atomic mass is 32.1. The number of carbonyl (C=O) groups excluding carboxylic acids is 3. The van der Waals surface area contributed by atoms with Gasteiger partial charge in [-0.25, -0.2) is 10.3 Å². The van der Waals surface area contributed by atoms with Crippen molar-refractivity contribution in [2.75, 3.05) is 12.0 Å². The van der Waals surface area contributed by atoms with Crippen LogP contribution in [0.4, 0.5) is 5.69 Å². The van der Waals surface area contributed by atoms with Gasteiger partial charge < -0.3 is 10.2 Å². The molecule has 0 saturated heterocycles. The average Bonchev–Trinajstić information content (AvgIpc) is 3.53. The summed E-state index contributed by atoms with van der Waals surface area (Å²) in [7, 11) is 0. The van der Waals surface area contributed by atoms with Crippen LogP contribution >= 0.6 is 11.3 Å². The Morgan fingerprint density at radius 1 is 0.857 bits per heavy atom. The van der Waals surface area contributed by atoms with Crippen molar-refractivity contribution in [2.24, 2.45) is 0 Å². The molecule has 0 aliphatic rings. The number of ketones is 2. The zero-order chi connectivity index (χ0) is 29.7. The van der Waals surface area contributed by atoms with Crippen LogP contribution in [0.3, 0.4) is 0 Å². The Bertz CT molecular complexity index is 1460. The van der Waals surface area contributed by atoms with E-state index in [2.05, 4.69) is 48.2 Å². The molecule has 7 heteroatoms. The summed E-state index contributed by atoms with van der Waals surface area (Å²) in [6, 6.07) is 26.4. The summed E-state index contributed by atoms with van der Waals surface area (Å²) >= 11 is 1.69. The highest BCUT2D eigenvalue weighted by Crippen LogP contribution is 2.29. The van der Waals surface area contributed by atoms with Crippen LogP contribution in [-0.4, -0.2) is 24.1 Å². The molecule has 4 aromatic rings. The number of Topliss-reactive ketones (excluding diaryl/α,β-unsaturated/α-hetero) is 1. The molecule has 0 bridgehead atoms. The van der Waals surface area contributed by atoms with Gasteiger partial charge in [0.25, 0.3) is 0 Å². The first-order chi connectivity index (χ1) is 20.4. The molecule has 1 unspecified atom stereocenters. The lowest BCUT2D eigenvalue weighted by atomic mass is 10.0. The van der Waals surface area contributed by atoms with Crippen LogP contribution in [0.5, 0.6) is 0 Å². The molecule has 42 heavy (non-hydrogen) atoms. The average molecular weight is 583 g/mol. The molecule has 4 rings (SSSR count). The van der Waals surface area contributed by atoms with Crippen molar-refractivity contribution in [3.05, 3.63) is 112 Å². The van der Waals surface area contributed by atoms with Gasteiger partial charge in [0.1, 0.15) is 5.78 Å². The van der Waals surface area contributed by atoms with Crippen molar-refractivity contribution in [3.63, 3.8) is 0 Å². The smallest absolute Gasteiger partial charge is 0.332 e. The lowest BCUT2D eigenvalue weighted by Crippen LogP contribution is -2.25. The molecule has 1 aromatic heterocycles. The standard InChI is InChI=1S/C35H38N2O4S/c1-3-4-6-13-30(38)23-36-25(2)33-22-29(24-42-33)27-19-16-26(17-20-27)18-21-34(39)41-37-32-15-10-9-14-31(32)35(40)28-11-7-5-8-12-28/h5,7-12,14-17,19-20,22,24-25,36-37H,3-4,6,13,18,21,23H2,1-2H3. The van der Waals surface area contributed by atoms with Crippen LogP contribution < -0.4 is 10.8 Å². The number of para-hydroxylation sites is 1. The third-order valence-electron chi connectivity index (χ3n) is 7.10. The van der Waals surface area contributed by atoms with Gasteiger partial charge in [-0.05, 0) is 60.0 Å². The van der Waals surface area contributed by atoms with Gasteiger partial charge in [0.2, 0.25) is 0 Å². The van der Waals surface area contributed by atoms with Crippen LogP contribution in [0, 0.1) is 0 Å². The number of thiophene rings is 1. The molecule has 2 N–H and O–H groups in total. The van der Waals surface area contributed by atoms with Crippen molar-refractivity contribution in [1.29, 1.82) is 0 Å². The molecule has 6 nitrogen and oxygen atoms in total. The minimum atomic E-state index is -0.408. The number of aryl methyl sites for hydroxylation is 1. The predicted octanol–water partition coefficient (Wildman–Crippen LogP) is 7.95. The molecule has 0 aliphatic heterocycles. The fraction of sp³-hybridized carbons (Fsp3) is 0.286. The number of benzene rings is 3. The van der Waals surface area contributed by atoms with E-state index in [0.717, 1.165) is 36.0 Å². The fourth-order valence-corrected chi connectivity index (χ4v) is 5.50. The van der Waals surface area contributed by atoms with Gasteiger partial charge in [-0.1, -0.05) is 86.5 Å². The lowest BCUT2D eigenvalue weighted by Gasteiger charge is -2.11. The van der Waals surface area contributed by atoms with Crippen molar-refractivity contribution in [1.82, 2.24) is 5.32 Å². The summed E-state index contributed by atoms with van der Waals surface area (Å²) in [6.07, 6.45) is 4.57. The van der Waals surface area contributed by atoms with Crippen molar-refractivity contribution >= 4 is 34.6 Å². The van der Waals surface area contributed by atoms with E-state index < -0.39 is 5.97 Å². The second-order valence-electron chi connectivity index (χ2n) is 10.3. The van der Waals surface area contributed by atoms with Crippen molar-refractivity contribution in [2.45, 2.75) is 58.4 Å². The summed E-state index contributed by atoms with van der Waals surface area (Å²) in [4.78, 5) is 43.9. The molecule has 1 heterocycles. The summed E-state index contributed by atoms with van der Waals surface area (Å²) in [5, 5.41) is 5.49. The Balaban J connectivity index is 1.24. The van der Waals surface area contributed by atoms with E-state index in [1.54, 1.807) is 47.7 Å². The van der Waals surface area contributed by atoms with Crippen molar-refractivity contribution in [3.8, 4) is 11.1 Å². The van der Waals surface area contributed by atoms with Gasteiger partial charge in [-0.3, -0.25) is 9.59 Å². The molecular weight excluding hydrogens is 544 g/mol. The number of rotatable bonds is 16. The third kappa shape index (κ3) is 8.96. The molecular formula is C35H38N2O4S. The maximum atomic E-state index is 12.9. The van der Waals surface area contributed by atoms with Gasteiger partial charge in [0.15, 0.2) is 5.78 Å². The predicted molar refractivity (Wildman–Crippen MR) is 170 cm³/mol. The zero-order valence-electron chi connectivity index (χ0n) is 24.2. The Labute approximate surface area is 252 Å². The second kappa shape index (κ2) is 15.8. The molecule has 0 aliphatic carbocycles. The second-order valence-corrected chi connectivity index (χ2v) is 11.3. The molecule has 0 fully saturated rings. The molecule has 218 valence electrons. The zero-order valence-corrected chi connectivity index (χ0v) is 25.0. The normalized spacial score (nSPS) is 11.6. The highest BCUT2D eigenvalue weighted by molar-refractivity contribution is 7.10. The molecule has 0 spiro atoms. The Morgan fingerprint density at radius 2 is 1.60 bits per heavy atom. The van der Waals surface area contributed by atoms with Gasteiger partial charge in [-0.2, -0.15) is 0 Å². The van der Waals surface area contributed by atoms with Crippen LogP contribution in [0.15, 0.2) is 90.3 Å². The highest BCUT2D eigenvalue weighted by Gasteiger charge is 2.15. The minimum Gasteiger partial charge on any atom is -0.343 e. The molecule has 1 atom stereocenters. The molecule has 0 amide bonds. The topological polar surface area (TPSA) is 84.5 Å². The van der Waals surface area contributed by atoms with Gasteiger partial charge in [0, 0.05) is 28.5 Å². The number of hydrogen-bond donors (Lipinski definition) is 2. The minimum absolute atomic E-state index is 0.112. The molecule has 0 radical (unpaired) electrons. The maximum absolute atomic E-state index is 12.9. The Hall–Kier alpha value is -4.07. The number of nitrogens with one attached hydrogen (secondary N) is 2. The van der Waals surface area contributed by atoms with E-state index >= 15 is 0 Å². The first-order valence-corrected chi connectivity index (χ1v) is 15.4. The maximum Gasteiger partial charge on any atom is 0.332 e. The van der Waals surface area contributed by atoms with Crippen LogP contribution in [0.2, 0.25) is 0 Å². The number of unbranched alkanes of at least 4 members (excludes halogenated alkanes) is 2. The number of carbonyl (C=O) groups is 3. The van der Waals surface area contributed by atoms with E-state index in [-0.39, 0.29) is 24.0 Å². The Kier molecular flexibility index (Phi) is 11.6. The summed E-state index contributed by atoms with van der Waals surface area (Å²) in [5.41, 5.74) is 7.39. The first-order valence-electron chi connectivity index (χ1n) is 14.5. The summed E-state index contributed by atoms with van der Waals surface area (Å²) in [5.74, 6) is -0.287. The number of hydrogen-bond acceptors (Lipinski definition) is 7. The quantitative estimate of drug-likeness (QED) is 0.0792. The largest absolute Gasteiger partial charge is 0.343 e. The van der Waals surface area contributed by atoms with Gasteiger partial charge in [0.05, 0.1) is 18.7 Å². The fourth-order valence-electron chi connectivity index (χ4n) is 4.55. The Morgan fingerprint density at radius 3 is 2.36 bits per heavy atom. The molecule has 0 saturated carbocycles. The summed E-state index contributed by atoms with van der Waals surface area (Å²) < 4.78 is 0. The SMILES string of the molecule is CCCCCC(=O)CNC(C)c1cc(-c2ccc(CCC(=O)ONc3ccccc3C(=O)c3ccccc3)cc2)cs1. The monoisotopic (exact) mass is 582 g/mol. The third-order valence-corrected chi connectivity index (χ3v) is 8.21. The van der Waals surface area contributed by atoms with Gasteiger partial charge >= 0.3 is 5.97 Å². The van der Waals surface area contributed by atoms with Crippen LogP contribution in [-0.2, 0) is 20.8 Å². The van der Waals surface area contributed by atoms with Crippen LogP contribution in [0.1, 0.15) is 78.4 Å². The number of anilines is 1. The van der Waals surface area contributed by atoms with E-state index in [1.807, 2.05) is 30.3 Å². The van der Waals surface area contributed by atoms with E-state index in [4.69, 9.17) is 4.84 Å². The molecule has 3 aromatic carbocycles. The van der Waals surface area contributed by atoms with Gasteiger partial charge in [-0.15, -0.1) is 11.3 Å². The summed E-state index contributed by atoms with van der Waals surface area (Å²) in [6.45, 7) is 4.64. The van der Waals surface area contributed by atoms with E-state index in [9.17, 15) is 14.4 Å². The van der Waals surface area contributed by atoms with E-state index in [1.165, 1.54) is 4.88 Å². The van der Waals surface area contributed by atoms with Crippen molar-refractivity contribution < 1.29 is 19.2 Å². The first kappa shape index (κ1) is 30.9. The van der Waals surface area contributed by atoms with Crippen LogP contribution in [0.25, 0.3) is 11.1 Å². The lowest BCUT2D eigenvalue weighted by molar-refractivity contribution is -0.140.